The van der Waals surface area contributed by atoms with Crippen molar-refractivity contribution in [3.8, 4) is 28.7 Å². The molecule has 0 spiro atoms. The van der Waals surface area contributed by atoms with Crippen LogP contribution in [0.4, 0.5) is 0 Å². The number of carbonyl (C=O) groups excluding carboxylic acids is 1. The molecule has 0 aliphatic heterocycles. The van der Waals surface area contributed by atoms with E-state index in [1.54, 1.807) is 23.9 Å². The zero-order valence-corrected chi connectivity index (χ0v) is 20.9. The van der Waals surface area contributed by atoms with Crippen LogP contribution in [0.1, 0.15) is 28.5 Å². The van der Waals surface area contributed by atoms with Gasteiger partial charge in [0.25, 0.3) is 0 Å². The summed E-state index contributed by atoms with van der Waals surface area (Å²) in [6, 6.07) is 13.4. The van der Waals surface area contributed by atoms with Gasteiger partial charge < -0.3 is 14.0 Å². The summed E-state index contributed by atoms with van der Waals surface area (Å²) in [4.78, 5) is 12.5. The molecule has 10 heteroatoms. The number of fused-ring (bicyclic) bond motifs is 1. The topological polar surface area (TPSA) is 102 Å². The highest BCUT2D eigenvalue weighted by Gasteiger charge is 2.23. The first kappa shape index (κ1) is 23.3. The summed E-state index contributed by atoms with van der Waals surface area (Å²) in [5.41, 5.74) is 4.62. The van der Waals surface area contributed by atoms with Crippen molar-refractivity contribution < 1.29 is 14.3 Å². The Morgan fingerprint density at radius 3 is 2.44 bits per heavy atom. The molecular weight excluding hydrogens is 458 g/mol. The van der Waals surface area contributed by atoms with Crippen molar-refractivity contribution in [1.82, 2.24) is 34.3 Å². The van der Waals surface area contributed by atoms with Crippen molar-refractivity contribution in [3.63, 3.8) is 0 Å². The highest BCUT2D eigenvalue weighted by molar-refractivity contribution is 6.01. The summed E-state index contributed by atoms with van der Waals surface area (Å²) in [5.74, 6) is 1.64. The van der Waals surface area contributed by atoms with E-state index in [1.807, 2.05) is 66.7 Å². The van der Waals surface area contributed by atoms with Gasteiger partial charge in [-0.15, -0.1) is 10.2 Å². The van der Waals surface area contributed by atoms with Crippen LogP contribution in [0.25, 0.3) is 33.8 Å². The maximum Gasteiger partial charge on any atom is 0.337 e. The van der Waals surface area contributed by atoms with Crippen LogP contribution in [0.15, 0.2) is 48.7 Å². The first-order valence-corrected chi connectivity index (χ1v) is 11.6. The van der Waals surface area contributed by atoms with Gasteiger partial charge >= 0.3 is 5.97 Å². The van der Waals surface area contributed by atoms with Gasteiger partial charge in [0.05, 0.1) is 37.5 Å². The molecule has 0 saturated heterocycles. The normalized spacial score (nSPS) is 11.2. The van der Waals surface area contributed by atoms with Gasteiger partial charge in [0.15, 0.2) is 11.6 Å². The minimum atomic E-state index is -0.440. The molecule has 0 bridgehead atoms. The average molecular weight is 486 g/mol. The number of ether oxygens (including phenoxy) is 2. The number of methoxy groups -OCH3 is 2. The molecule has 0 atom stereocenters. The first-order valence-electron chi connectivity index (χ1n) is 11.6. The van der Waals surface area contributed by atoms with E-state index in [4.69, 9.17) is 9.47 Å². The molecule has 0 amide bonds. The quantitative estimate of drug-likeness (QED) is 0.323. The van der Waals surface area contributed by atoms with Gasteiger partial charge in [0.1, 0.15) is 11.4 Å². The SMILES string of the molecule is CCn1nc(C)cc1-c1nnc(-c2cc(C(=O)OC)cc3nn(C)cc23)n1Cc1ccc(OC)cc1. The summed E-state index contributed by atoms with van der Waals surface area (Å²) >= 11 is 0. The van der Waals surface area contributed by atoms with E-state index >= 15 is 0 Å². The molecule has 3 heterocycles. The predicted molar refractivity (Wildman–Crippen MR) is 135 cm³/mol. The molecular formula is C26H27N7O3. The van der Waals surface area contributed by atoms with Crippen molar-refractivity contribution in [1.29, 1.82) is 0 Å². The van der Waals surface area contributed by atoms with E-state index in [0.717, 1.165) is 33.7 Å². The van der Waals surface area contributed by atoms with Crippen LogP contribution in [0.5, 0.6) is 5.75 Å². The van der Waals surface area contributed by atoms with Gasteiger partial charge in [0.2, 0.25) is 0 Å². The third-order valence-electron chi connectivity index (χ3n) is 6.08. The van der Waals surface area contributed by atoms with E-state index in [9.17, 15) is 4.79 Å². The zero-order chi connectivity index (χ0) is 25.4. The highest BCUT2D eigenvalue weighted by Crippen LogP contribution is 2.32. The minimum absolute atomic E-state index is 0.397. The molecule has 0 saturated carbocycles. The Morgan fingerprint density at radius 1 is 1.00 bits per heavy atom. The molecule has 0 aliphatic rings. The summed E-state index contributed by atoms with van der Waals surface area (Å²) in [6.07, 6.45) is 1.91. The molecule has 184 valence electrons. The van der Waals surface area contributed by atoms with E-state index in [1.165, 1.54) is 7.11 Å². The summed E-state index contributed by atoms with van der Waals surface area (Å²) < 4.78 is 16.0. The predicted octanol–water partition coefficient (Wildman–Crippen LogP) is 3.87. The lowest BCUT2D eigenvalue weighted by Gasteiger charge is -2.13. The maximum absolute atomic E-state index is 12.5. The fourth-order valence-corrected chi connectivity index (χ4v) is 4.38. The average Bonchev–Trinajstić information content (AvgIpc) is 3.58. The molecule has 5 aromatic rings. The molecule has 36 heavy (non-hydrogen) atoms. The molecule has 0 N–H and O–H groups in total. The lowest BCUT2D eigenvalue weighted by molar-refractivity contribution is 0.0601. The van der Waals surface area contributed by atoms with Crippen molar-refractivity contribution in [3.05, 3.63) is 65.5 Å². The summed E-state index contributed by atoms with van der Waals surface area (Å²) in [7, 11) is 4.85. The summed E-state index contributed by atoms with van der Waals surface area (Å²) in [5, 5.41) is 19.2. The zero-order valence-electron chi connectivity index (χ0n) is 20.9. The van der Waals surface area contributed by atoms with E-state index in [2.05, 4.69) is 20.4 Å². The number of esters is 1. The van der Waals surface area contributed by atoms with Gasteiger partial charge in [-0.3, -0.25) is 9.36 Å². The second-order valence-corrected chi connectivity index (χ2v) is 8.52. The largest absolute Gasteiger partial charge is 0.497 e. The molecule has 3 aromatic heterocycles. The van der Waals surface area contributed by atoms with Crippen LogP contribution in [-0.2, 0) is 24.9 Å². The van der Waals surface area contributed by atoms with Crippen molar-refractivity contribution in [2.45, 2.75) is 26.9 Å². The molecule has 10 nitrogen and oxygen atoms in total. The van der Waals surface area contributed by atoms with Gasteiger partial charge in [-0.1, -0.05) is 12.1 Å². The molecule has 0 aliphatic carbocycles. The van der Waals surface area contributed by atoms with Crippen molar-refractivity contribution in [2.24, 2.45) is 7.05 Å². The van der Waals surface area contributed by atoms with Crippen molar-refractivity contribution in [2.75, 3.05) is 14.2 Å². The Morgan fingerprint density at radius 2 is 1.75 bits per heavy atom. The van der Waals surface area contributed by atoms with Crippen LogP contribution in [0.3, 0.4) is 0 Å². The van der Waals surface area contributed by atoms with Crippen LogP contribution in [0.2, 0.25) is 0 Å². The molecule has 0 radical (unpaired) electrons. The van der Waals surface area contributed by atoms with Crippen LogP contribution >= 0.6 is 0 Å². The van der Waals surface area contributed by atoms with E-state index < -0.39 is 5.97 Å². The van der Waals surface area contributed by atoms with Crippen LogP contribution in [0, 0.1) is 6.92 Å². The Kier molecular flexibility index (Phi) is 6.01. The number of aryl methyl sites for hydroxylation is 3. The third kappa shape index (κ3) is 4.10. The number of hydrogen-bond donors (Lipinski definition) is 0. The smallest absolute Gasteiger partial charge is 0.337 e. The Hall–Kier alpha value is -4.47. The van der Waals surface area contributed by atoms with Gasteiger partial charge in [-0.2, -0.15) is 10.2 Å². The molecule has 0 fully saturated rings. The van der Waals surface area contributed by atoms with E-state index in [-0.39, 0.29) is 0 Å². The second kappa shape index (κ2) is 9.29. The van der Waals surface area contributed by atoms with Gasteiger partial charge in [0, 0.05) is 30.7 Å². The lowest BCUT2D eigenvalue weighted by Crippen LogP contribution is -2.08. The Labute approximate surface area is 208 Å². The van der Waals surface area contributed by atoms with Crippen LogP contribution < -0.4 is 4.74 Å². The maximum atomic E-state index is 12.5. The lowest BCUT2D eigenvalue weighted by atomic mass is 10.0. The van der Waals surface area contributed by atoms with Crippen molar-refractivity contribution >= 4 is 16.9 Å². The molecule has 0 unspecified atom stereocenters. The first-order chi connectivity index (χ1) is 17.4. The number of rotatable bonds is 7. The fourth-order valence-electron chi connectivity index (χ4n) is 4.38. The van der Waals surface area contributed by atoms with Crippen LogP contribution in [-0.4, -0.2) is 54.5 Å². The molecule has 5 rings (SSSR count). The number of aromatic nitrogens is 7. The number of nitrogens with zero attached hydrogens (tertiary/aromatic N) is 7. The van der Waals surface area contributed by atoms with Gasteiger partial charge in [-0.05, 0) is 49.7 Å². The summed E-state index contributed by atoms with van der Waals surface area (Å²) in [6.45, 7) is 5.19. The van der Waals surface area contributed by atoms with Gasteiger partial charge in [-0.25, -0.2) is 4.79 Å². The Balaban J connectivity index is 1.75. The van der Waals surface area contributed by atoms with E-state index in [0.29, 0.717) is 35.8 Å². The number of hydrogen-bond acceptors (Lipinski definition) is 7. The fraction of sp³-hybridized carbons (Fsp3) is 0.269. The highest BCUT2D eigenvalue weighted by atomic mass is 16.5. The molecule has 2 aromatic carbocycles. The monoisotopic (exact) mass is 485 g/mol. The second-order valence-electron chi connectivity index (χ2n) is 8.52. The standard InChI is InChI=1S/C26H27N7O3/c1-6-33-23(11-16(2)29-33)25-28-27-24(32(25)14-17-7-9-19(35-4)10-8-17)20-12-18(26(34)36-5)13-22-21(20)15-31(3)30-22/h7-13,15H,6,14H2,1-5H3. The number of carbonyl (C=O) groups is 1. The minimum Gasteiger partial charge on any atom is -0.497 e. The number of benzene rings is 2. The Bertz CT molecular complexity index is 1560. The third-order valence-corrected chi connectivity index (χ3v) is 6.08.